The van der Waals surface area contributed by atoms with Crippen LogP contribution in [0.3, 0.4) is 0 Å². The highest BCUT2D eigenvalue weighted by atomic mass is 15.2. The maximum Gasteiger partial charge on any atom is 0.159 e. The zero-order valence-electron chi connectivity index (χ0n) is 10.2. The van der Waals surface area contributed by atoms with Gasteiger partial charge in [0.25, 0.3) is 0 Å². The number of benzene rings is 1. The van der Waals surface area contributed by atoms with E-state index >= 15 is 0 Å². The van der Waals surface area contributed by atoms with Crippen molar-refractivity contribution in [1.29, 1.82) is 0 Å². The molecule has 0 unspecified atom stereocenters. The average molecular weight is 238 g/mol. The first-order valence-electron chi connectivity index (χ1n) is 5.87. The minimum atomic E-state index is 0.459. The number of hydrogen-bond acceptors (Lipinski definition) is 3. The van der Waals surface area contributed by atoms with Gasteiger partial charge < -0.3 is 5.73 Å². The average Bonchev–Trinajstić information content (AvgIpc) is 2.80. The number of nitrogens with two attached hydrogens (primary N) is 1. The lowest BCUT2D eigenvalue weighted by Crippen LogP contribution is -1.97. The first-order chi connectivity index (χ1) is 8.78. The van der Waals surface area contributed by atoms with E-state index in [1.807, 2.05) is 18.5 Å². The van der Waals surface area contributed by atoms with Crippen molar-refractivity contribution in [3.63, 3.8) is 0 Å². The molecule has 2 heterocycles. The van der Waals surface area contributed by atoms with Crippen molar-refractivity contribution in [2.75, 3.05) is 0 Å². The summed E-state index contributed by atoms with van der Waals surface area (Å²) in [5, 5.41) is 4.27. The predicted octanol–water partition coefficient (Wildman–Crippen LogP) is 2.16. The molecular weight excluding hydrogens is 224 g/mol. The van der Waals surface area contributed by atoms with Crippen LogP contribution in [0.25, 0.3) is 16.8 Å². The Morgan fingerprint density at radius 2 is 2.11 bits per heavy atom. The summed E-state index contributed by atoms with van der Waals surface area (Å²) < 4.78 is 1.78. The molecule has 1 aromatic carbocycles. The molecule has 0 aliphatic heterocycles. The van der Waals surface area contributed by atoms with E-state index in [-0.39, 0.29) is 0 Å². The second kappa shape index (κ2) is 4.23. The third-order valence-corrected chi connectivity index (χ3v) is 3.00. The number of nitrogens with zero attached hydrogens (tertiary/aromatic N) is 3. The first kappa shape index (κ1) is 10.9. The van der Waals surface area contributed by atoms with Crippen LogP contribution >= 0.6 is 0 Å². The Labute approximate surface area is 105 Å². The third kappa shape index (κ3) is 1.76. The molecule has 0 radical (unpaired) electrons. The van der Waals surface area contributed by atoms with Gasteiger partial charge in [-0.3, -0.25) is 0 Å². The quantitative estimate of drug-likeness (QED) is 0.744. The van der Waals surface area contributed by atoms with Crippen LogP contribution in [-0.4, -0.2) is 14.6 Å². The van der Waals surface area contributed by atoms with Crippen LogP contribution in [0.1, 0.15) is 11.1 Å². The van der Waals surface area contributed by atoms with E-state index in [0.29, 0.717) is 6.54 Å². The molecule has 0 amide bonds. The molecule has 3 aromatic rings. The van der Waals surface area contributed by atoms with Crippen molar-refractivity contribution in [3.05, 3.63) is 54.0 Å². The molecule has 2 N–H and O–H groups in total. The highest BCUT2D eigenvalue weighted by molar-refractivity contribution is 5.64. The fraction of sp³-hybridized carbons (Fsp3) is 0.143. The van der Waals surface area contributed by atoms with Gasteiger partial charge in [0.1, 0.15) is 0 Å². The lowest BCUT2D eigenvalue weighted by molar-refractivity contribution is 0.941. The predicted molar refractivity (Wildman–Crippen MR) is 71.1 cm³/mol. The fourth-order valence-electron chi connectivity index (χ4n) is 2.04. The summed E-state index contributed by atoms with van der Waals surface area (Å²) in [5.41, 5.74) is 10.9. The molecule has 0 aliphatic carbocycles. The van der Waals surface area contributed by atoms with E-state index in [4.69, 9.17) is 5.73 Å². The molecular formula is C14H14N4. The second-order valence-corrected chi connectivity index (χ2v) is 4.35. The smallest absolute Gasteiger partial charge is 0.159 e. The van der Waals surface area contributed by atoms with Crippen molar-refractivity contribution in [3.8, 4) is 11.1 Å². The highest BCUT2D eigenvalue weighted by Crippen LogP contribution is 2.20. The zero-order valence-corrected chi connectivity index (χ0v) is 10.2. The van der Waals surface area contributed by atoms with Gasteiger partial charge in [-0.05, 0) is 12.5 Å². The molecule has 4 nitrogen and oxygen atoms in total. The van der Waals surface area contributed by atoms with E-state index in [1.165, 1.54) is 5.56 Å². The Morgan fingerprint density at radius 3 is 2.89 bits per heavy atom. The van der Waals surface area contributed by atoms with Crippen molar-refractivity contribution < 1.29 is 0 Å². The van der Waals surface area contributed by atoms with Crippen LogP contribution in [0.15, 0.2) is 42.9 Å². The van der Waals surface area contributed by atoms with Gasteiger partial charge in [0.05, 0.1) is 6.20 Å². The van der Waals surface area contributed by atoms with Crippen LogP contribution in [0.4, 0.5) is 0 Å². The summed E-state index contributed by atoms with van der Waals surface area (Å²) in [5.74, 6) is 0. The summed E-state index contributed by atoms with van der Waals surface area (Å²) in [6.07, 6.45) is 5.61. The molecule has 0 atom stereocenters. The molecule has 0 spiro atoms. The lowest BCUT2D eigenvalue weighted by Gasteiger charge is -2.03. The Kier molecular flexibility index (Phi) is 2.57. The summed E-state index contributed by atoms with van der Waals surface area (Å²) in [6.45, 7) is 2.54. The van der Waals surface area contributed by atoms with Gasteiger partial charge in [-0.2, -0.15) is 5.10 Å². The molecule has 4 heteroatoms. The Hall–Kier alpha value is -2.20. The van der Waals surface area contributed by atoms with E-state index in [1.54, 1.807) is 10.7 Å². The summed E-state index contributed by atoms with van der Waals surface area (Å²) in [6, 6.07) is 8.33. The minimum absolute atomic E-state index is 0.459. The SMILES string of the molecule is Cc1cccc(-c2cnc3c(CN)cnn3c2)c1. The zero-order chi connectivity index (χ0) is 12.5. The molecule has 3 rings (SSSR count). The Morgan fingerprint density at radius 1 is 1.22 bits per heavy atom. The monoisotopic (exact) mass is 238 g/mol. The van der Waals surface area contributed by atoms with E-state index in [9.17, 15) is 0 Å². The van der Waals surface area contributed by atoms with Gasteiger partial charge in [0, 0.05) is 30.1 Å². The van der Waals surface area contributed by atoms with Gasteiger partial charge in [-0.25, -0.2) is 9.50 Å². The van der Waals surface area contributed by atoms with Crippen molar-refractivity contribution >= 4 is 5.65 Å². The van der Waals surface area contributed by atoms with Gasteiger partial charge in [-0.15, -0.1) is 0 Å². The van der Waals surface area contributed by atoms with Crippen LogP contribution in [0, 0.1) is 6.92 Å². The standard InChI is InChI=1S/C14H14N4/c1-10-3-2-4-11(5-10)13-7-16-14-12(6-15)8-17-18(14)9-13/h2-5,7-9H,6,15H2,1H3. The second-order valence-electron chi connectivity index (χ2n) is 4.35. The minimum Gasteiger partial charge on any atom is -0.326 e. The lowest BCUT2D eigenvalue weighted by atomic mass is 10.1. The number of rotatable bonds is 2. The Bertz CT molecular complexity index is 700. The van der Waals surface area contributed by atoms with Gasteiger partial charge >= 0.3 is 0 Å². The summed E-state index contributed by atoms with van der Waals surface area (Å²) >= 11 is 0. The van der Waals surface area contributed by atoms with Crippen molar-refractivity contribution in [2.45, 2.75) is 13.5 Å². The molecule has 0 aliphatic rings. The number of hydrogen-bond donors (Lipinski definition) is 1. The largest absolute Gasteiger partial charge is 0.326 e. The normalized spacial score (nSPS) is 11.0. The fourth-order valence-corrected chi connectivity index (χ4v) is 2.04. The molecule has 0 fully saturated rings. The van der Waals surface area contributed by atoms with Crippen LogP contribution in [0.2, 0.25) is 0 Å². The summed E-state index contributed by atoms with van der Waals surface area (Å²) in [4.78, 5) is 4.44. The Balaban J connectivity index is 2.14. The third-order valence-electron chi connectivity index (χ3n) is 3.00. The molecule has 90 valence electrons. The van der Waals surface area contributed by atoms with Crippen molar-refractivity contribution in [1.82, 2.24) is 14.6 Å². The summed E-state index contributed by atoms with van der Waals surface area (Å²) in [7, 11) is 0. The highest BCUT2D eigenvalue weighted by Gasteiger charge is 2.05. The van der Waals surface area contributed by atoms with E-state index in [2.05, 4.69) is 35.2 Å². The molecule has 2 aromatic heterocycles. The topological polar surface area (TPSA) is 56.2 Å². The molecule has 18 heavy (non-hydrogen) atoms. The number of fused-ring (bicyclic) bond motifs is 1. The van der Waals surface area contributed by atoms with E-state index < -0.39 is 0 Å². The van der Waals surface area contributed by atoms with Gasteiger partial charge in [-0.1, -0.05) is 29.8 Å². The number of aromatic nitrogens is 3. The molecule has 0 saturated heterocycles. The molecule has 0 bridgehead atoms. The molecule has 0 saturated carbocycles. The maximum atomic E-state index is 5.64. The van der Waals surface area contributed by atoms with Gasteiger partial charge in [0.15, 0.2) is 5.65 Å². The first-order valence-corrected chi connectivity index (χ1v) is 5.87. The van der Waals surface area contributed by atoms with Crippen LogP contribution in [-0.2, 0) is 6.54 Å². The van der Waals surface area contributed by atoms with Crippen LogP contribution < -0.4 is 5.73 Å². The van der Waals surface area contributed by atoms with Crippen molar-refractivity contribution in [2.24, 2.45) is 5.73 Å². The van der Waals surface area contributed by atoms with E-state index in [0.717, 1.165) is 22.3 Å². The maximum absolute atomic E-state index is 5.64. The van der Waals surface area contributed by atoms with Crippen LogP contribution in [0.5, 0.6) is 0 Å². The van der Waals surface area contributed by atoms with Gasteiger partial charge in [0.2, 0.25) is 0 Å². The number of aryl methyl sites for hydroxylation is 1.